The first-order chi connectivity index (χ1) is 14.2. The highest BCUT2D eigenvalue weighted by molar-refractivity contribution is 7.13. The van der Waals surface area contributed by atoms with Crippen LogP contribution in [0.5, 0.6) is 5.75 Å². The molecule has 0 spiro atoms. The second-order valence-electron chi connectivity index (χ2n) is 7.22. The van der Waals surface area contributed by atoms with Crippen molar-refractivity contribution in [1.29, 1.82) is 0 Å². The van der Waals surface area contributed by atoms with Gasteiger partial charge in [0.05, 0.1) is 18.5 Å². The molecular weight excluding hydrogens is 376 g/mol. The van der Waals surface area contributed by atoms with Gasteiger partial charge in [-0.25, -0.2) is 4.98 Å². The third-order valence-electron chi connectivity index (χ3n) is 5.24. The molecule has 0 saturated carbocycles. The summed E-state index contributed by atoms with van der Waals surface area (Å²) in [7, 11) is 1.69. The average molecular weight is 403 g/mol. The maximum absolute atomic E-state index is 5.25. The smallest absolute Gasteiger partial charge is 0.124 e. The lowest BCUT2D eigenvalue weighted by Crippen LogP contribution is -2.03. The molecule has 3 nitrogen and oxygen atoms in total. The summed E-state index contributed by atoms with van der Waals surface area (Å²) in [6.45, 7) is 3.20. The van der Waals surface area contributed by atoms with Crippen LogP contribution in [0.4, 0.5) is 0 Å². The van der Waals surface area contributed by atoms with Gasteiger partial charge in [-0.15, -0.1) is 11.3 Å². The molecule has 29 heavy (non-hydrogen) atoms. The van der Waals surface area contributed by atoms with Gasteiger partial charge in [-0.05, 0) is 68.1 Å². The molecule has 0 radical (unpaired) electrons. The van der Waals surface area contributed by atoms with Gasteiger partial charge in [0.1, 0.15) is 10.8 Å². The van der Waals surface area contributed by atoms with E-state index in [-0.39, 0.29) is 0 Å². The minimum absolute atomic E-state index is 0.866. The molecule has 0 N–H and O–H groups in total. The van der Waals surface area contributed by atoms with Crippen molar-refractivity contribution in [2.45, 2.75) is 32.7 Å². The van der Waals surface area contributed by atoms with E-state index in [2.05, 4.69) is 71.5 Å². The molecule has 0 bridgehead atoms. The van der Waals surface area contributed by atoms with Crippen molar-refractivity contribution in [3.63, 3.8) is 0 Å². The van der Waals surface area contributed by atoms with E-state index in [1.54, 1.807) is 18.4 Å². The van der Waals surface area contributed by atoms with Gasteiger partial charge in [0, 0.05) is 23.2 Å². The Labute approximate surface area is 176 Å². The summed E-state index contributed by atoms with van der Waals surface area (Å²) < 4.78 is 7.65. The number of hydrogen-bond donors (Lipinski definition) is 0. The van der Waals surface area contributed by atoms with Crippen LogP contribution in [-0.4, -0.2) is 16.7 Å². The number of methoxy groups -OCH3 is 1. The van der Waals surface area contributed by atoms with Crippen molar-refractivity contribution in [2.24, 2.45) is 0 Å². The second kappa shape index (κ2) is 9.10. The number of benzene rings is 2. The molecule has 4 aromatic rings. The summed E-state index contributed by atoms with van der Waals surface area (Å²) in [5, 5.41) is 3.20. The summed E-state index contributed by atoms with van der Waals surface area (Å²) in [5.41, 5.74) is 6.09. The highest BCUT2D eigenvalue weighted by Gasteiger charge is 2.12. The molecule has 0 aliphatic carbocycles. The monoisotopic (exact) mass is 402 g/mol. The van der Waals surface area contributed by atoms with E-state index in [4.69, 9.17) is 9.72 Å². The summed E-state index contributed by atoms with van der Waals surface area (Å²) >= 11 is 1.69. The lowest BCUT2D eigenvalue weighted by Gasteiger charge is -2.10. The molecule has 0 fully saturated rings. The first-order valence-corrected chi connectivity index (χ1v) is 10.9. The zero-order valence-electron chi connectivity index (χ0n) is 17.0. The van der Waals surface area contributed by atoms with Gasteiger partial charge >= 0.3 is 0 Å². The maximum atomic E-state index is 5.25. The third-order valence-corrected chi connectivity index (χ3v) is 6.13. The van der Waals surface area contributed by atoms with Gasteiger partial charge in [0.25, 0.3) is 0 Å². The van der Waals surface area contributed by atoms with Gasteiger partial charge in [0.2, 0.25) is 0 Å². The Balaban J connectivity index is 1.45. The van der Waals surface area contributed by atoms with E-state index < -0.39 is 0 Å². The number of ether oxygens (including phenoxy) is 1. The molecule has 2 aromatic heterocycles. The fourth-order valence-electron chi connectivity index (χ4n) is 3.59. The van der Waals surface area contributed by atoms with Crippen molar-refractivity contribution in [1.82, 2.24) is 9.55 Å². The second-order valence-corrected chi connectivity index (χ2v) is 8.08. The van der Waals surface area contributed by atoms with Crippen LogP contribution in [0.1, 0.15) is 24.1 Å². The van der Waals surface area contributed by atoms with Crippen LogP contribution < -0.4 is 4.74 Å². The molecule has 0 atom stereocenters. The van der Waals surface area contributed by atoms with Crippen molar-refractivity contribution < 1.29 is 4.74 Å². The van der Waals surface area contributed by atoms with Crippen LogP contribution in [0, 0.1) is 6.92 Å². The Hall–Kier alpha value is -2.85. The Morgan fingerprint density at radius 1 is 0.931 bits per heavy atom. The zero-order valence-corrected chi connectivity index (χ0v) is 17.8. The van der Waals surface area contributed by atoms with Crippen LogP contribution in [0.25, 0.3) is 22.0 Å². The van der Waals surface area contributed by atoms with E-state index in [9.17, 15) is 0 Å². The first-order valence-electron chi connectivity index (χ1n) is 10.0. The van der Waals surface area contributed by atoms with E-state index >= 15 is 0 Å². The number of rotatable bonds is 8. The molecular formula is C25H26N2OS. The molecule has 2 aromatic carbocycles. The number of aromatic nitrogens is 2. The molecule has 0 aliphatic rings. The molecule has 0 amide bonds. The Kier molecular flexibility index (Phi) is 6.11. The molecule has 4 heteroatoms. The van der Waals surface area contributed by atoms with Crippen LogP contribution in [0.15, 0.2) is 72.1 Å². The molecule has 4 rings (SSSR count). The molecule has 0 unspecified atom stereocenters. The third kappa shape index (κ3) is 4.60. The average Bonchev–Trinajstić information content (AvgIpc) is 3.39. The fraction of sp³-hybridized carbons (Fsp3) is 0.240. The predicted molar refractivity (Wildman–Crippen MR) is 122 cm³/mol. The quantitative estimate of drug-likeness (QED) is 0.310. The SMILES string of the molecule is COc1ccc(-c2nc(-c3ccc(C)n3CCCCc3ccccc3)cs2)cc1. The zero-order chi connectivity index (χ0) is 20.1. The lowest BCUT2D eigenvalue weighted by molar-refractivity contribution is 0.415. The predicted octanol–water partition coefficient (Wildman–Crippen LogP) is 6.62. The van der Waals surface area contributed by atoms with E-state index in [1.807, 2.05) is 12.1 Å². The highest BCUT2D eigenvalue weighted by Crippen LogP contribution is 2.31. The Morgan fingerprint density at radius 3 is 2.48 bits per heavy atom. The standard InChI is InChI=1S/C25H26N2OS/c1-19-11-16-24(27(19)17-7-6-10-20-8-4-3-5-9-20)23-18-29-25(26-23)21-12-14-22(28-2)15-13-21/h3-5,8-9,11-16,18H,6-7,10,17H2,1-2H3. The number of thiazole rings is 1. The van der Waals surface area contributed by atoms with Gasteiger partial charge in [0.15, 0.2) is 0 Å². The van der Waals surface area contributed by atoms with Crippen LogP contribution in [0.2, 0.25) is 0 Å². The largest absolute Gasteiger partial charge is 0.497 e. The van der Waals surface area contributed by atoms with Gasteiger partial charge < -0.3 is 9.30 Å². The minimum atomic E-state index is 0.866. The Bertz CT molecular complexity index is 1050. The van der Waals surface area contributed by atoms with Crippen molar-refractivity contribution >= 4 is 11.3 Å². The van der Waals surface area contributed by atoms with Crippen molar-refractivity contribution in [3.8, 4) is 27.7 Å². The lowest BCUT2D eigenvalue weighted by atomic mass is 10.1. The summed E-state index contributed by atoms with van der Waals surface area (Å²) in [6.07, 6.45) is 3.48. The summed E-state index contributed by atoms with van der Waals surface area (Å²) in [6, 6.07) is 23.2. The summed E-state index contributed by atoms with van der Waals surface area (Å²) in [5.74, 6) is 0.866. The summed E-state index contributed by atoms with van der Waals surface area (Å²) in [4.78, 5) is 4.91. The number of unbranched alkanes of at least 4 members (excludes halogenated alkanes) is 1. The van der Waals surface area contributed by atoms with Crippen LogP contribution in [0.3, 0.4) is 0 Å². The molecule has 0 saturated heterocycles. The molecule has 0 aliphatic heterocycles. The van der Waals surface area contributed by atoms with E-state index in [0.29, 0.717) is 0 Å². The van der Waals surface area contributed by atoms with Crippen LogP contribution in [-0.2, 0) is 13.0 Å². The normalized spacial score (nSPS) is 11.0. The van der Waals surface area contributed by atoms with E-state index in [0.717, 1.165) is 41.4 Å². The Morgan fingerprint density at radius 2 is 1.72 bits per heavy atom. The van der Waals surface area contributed by atoms with Gasteiger partial charge in [-0.1, -0.05) is 30.3 Å². The first kappa shape index (κ1) is 19.5. The highest BCUT2D eigenvalue weighted by atomic mass is 32.1. The van der Waals surface area contributed by atoms with Gasteiger partial charge in [-0.2, -0.15) is 0 Å². The number of hydrogen-bond acceptors (Lipinski definition) is 3. The van der Waals surface area contributed by atoms with Crippen LogP contribution >= 0.6 is 11.3 Å². The maximum Gasteiger partial charge on any atom is 0.124 e. The van der Waals surface area contributed by atoms with E-state index in [1.165, 1.54) is 23.4 Å². The van der Waals surface area contributed by atoms with Crippen molar-refractivity contribution in [3.05, 3.63) is 83.4 Å². The molecule has 2 heterocycles. The van der Waals surface area contributed by atoms with Crippen molar-refractivity contribution in [2.75, 3.05) is 7.11 Å². The van der Waals surface area contributed by atoms with Gasteiger partial charge in [-0.3, -0.25) is 0 Å². The number of nitrogens with zero attached hydrogens (tertiary/aromatic N) is 2. The fourth-order valence-corrected chi connectivity index (χ4v) is 4.41. The molecule has 148 valence electrons. The minimum Gasteiger partial charge on any atom is -0.497 e. The number of aryl methyl sites for hydroxylation is 2. The topological polar surface area (TPSA) is 27.1 Å².